The van der Waals surface area contributed by atoms with E-state index in [1.807, 2.05) is 0 Å². The molecule has 4 rings (SSSR count). The summed E-state index contributed by atoms with van der Waals surface area (Å²) in [6.07, 6.45) is 1.21. The zero-order valence-corrected chi connectivity index (χ0v) is 12.5. The molecule has 0 bridgehead atoms. The van der Waals surface area contributed by atoms with Gasteiger partial charge in [0.05, 0.1) is 5.52 Å². The predicted molar refractivity (Wildman–Crippen MR) is 86.5 cm³/mol. The molecule has 0 aliphatic rings. The molecule has 0 radical (unpaired) electrons. The van der Waals surface area contributed by atoms with Crippen LogP contribution in [-0.4, -0.2) is 9.55 Å². The van der Waals surface area contributed by atoms with Gasteiger partial charge in [0.2, 0.25) is 0 Å². The third-order valence-electron chi connectivity index (χ3n) is 4.09. The number of pyridine rings is 1. The van der Waals surface area contributed by atoms with Gasteiger partial charge in [0.25, 0.3) is 5.56 Å². The van der Waals surface area contributed by atoms with E-state index < -0.39 is 17.3 Å². The van der Waals surface area contributed by atoms with Crippen molar-refractivity contribution in [2.24, 2.45) is 7.05 Å². The Hall–Kier alpha value is -3.22. The van der Waals surface area contributed by atoms with Gasteiger partial charge in [0.15, 0.2) is 17.5 Å². The van der Waals surface area contributed by atoms with Crippen LogP contribution in [0.15, 0.2) is 45.9 Å². The molecule has 2 aromatic heterocycles. The van der Waals surface area contributed by atoms with Crippen molar-refractivity contribution in [3.8, 4) is 11.1 Å². The van der Waals surface area contributed by atoms with Gasteiger partial charge < -0.3 is 14.7 Å². The van der Waals surface area contributed by atoms with E-state index in [0.29, 0.717) is 27.6 Å². The Morgan fingerprint density at radius 1 is 1.12 bits per heavy atom. The maximum Gasteiger partial charge on any atom is 0.280 e. The first-order valence-corrected chi connectivity index (χ1v) is 7.08. The zero-order chi connectivity index (χ0) is 17.0. The summed E-state index contributed by atoms with van der Waals surface area (Å²) in [5.74, 6) is -1.66. The largest absolute Gasteiger partial charge is 0.443 e. The number of fused-ring (bicyclic) bond motifs is 3. The van der Waals surface area contributed by atoms with E-state index in [0.717, 1.165) is 12.1 Å². The van der Waals surface area contributed by atoms with Gasteiger partial charge in [-0.25, -0.2) is 13.8 Å². The van der Waals surface area contributed by atoms with Gasteiger partial charge in [-0.05, 0) is 35.4 Å². The van der Waals surface area contributed by atoms with E-state index in [1.54, 1.807) is 25.2 Å². The molecule has 120 valence electrons. The summed E-state index contributed by atoms with van der Waals surface area (Å²) in [6, 6.07) is 7.40. The highest BCUT2D eigenvalue weighted by atomic mass is 19.1. The van der Waals surface area contributed by atoms with Crippen molar-refractivity contribution < 1.29 is 13.2 Å². The van der Waals surface area contributed by atoms with Gasteiger partial charge in [-0.15, -0.1) is 0 Å². The summed E-state index contributed by atoms with van der Waals surface area (Å²) in [4.78, 5) is 16.2. The quantitative estimate of drug-likeness (QED) is 0.545. The van der Waals surface area contributed by atoms with Crippen molar-refractivity contribution in [3.63, 3.8) is 0 Å². The summed E-state index contributed by atoms with van der Waals surface area (Å²) >= 11 is 0. The molecule has 4 aromatic rings. The summed E-state index contributed by atoms with van der Waals surface area (Å²) in [7, 11) is 1.60. The molecule has 0 saturated heterocycles. The van der Waals surface area contributed by atoms with Crippen LogP contribution in [0.2, 0.25) is 0 Å². The number of anilines is 1. The monoisotopic (exact) mass is 327 g/mol. The number of nitrogens with zero attached hydrogens (tertiary/aromatic N) is 2. The number of nitrogen functional groups attached to an aromatic ring is 1. The van der Waals surface area contributed by atoms with Crippen LogP contribution in [0.25, 0.3) is 33.1 Å². The second-order valence-corrected chi connectivity index (χ2v) is 5.48. The second kappa shape index (κ2) is 4.89. The first kappa shape index (κ1) is 14.4. The van der Waals surface area contributed by atoms with Crippen LogP contribution >= 0.6 is 0 Å². The Labute approximate surface area is 133 Å². The van der Waals surface area contributed by atoms with Crippen molar-refractivity contribution >= 4 is 27.7 Å². The smallest absolute Gasteiger partial charge is 0.280 e. The predicted octanol–water partition coefficient (Wildman–Crippen LogP) is 3.21. The highest BCUT2D eigenvalue weighted by Crippen LogP contribution is 2.30. The van der Waals surface area contributed by atoms with Crippen molar-refractivity contribution in [1.29, 1.82) is 0 Å². The first-order chi connectivity index (χ1) is 11.5. The fourth-order valence-electron chi connectivity index (χ4n) is 2.79. The fourth-order valence-corrected chi connectivity index (χ4v) is 2.79. The minimum absolute atomic E-state index is 0.238. The summed E-state index contributed by atoms with van der Waals surface area (Å²) < 4.78 is 34.1. The molecule has 0 aliphatic heterocycles. The Kier molecular flexibility index (Phi) is 2.93. The van der Waals surface area contributed by atoms with Crippen molar-refractivity contribution in [2.45, 2.75) is 0 Å². The maximum absolute atomic E-state index is 13.7. The van der Waals surface area contributed by atoms with E-state index in [1.165, 1.54) is 11.0 Å². The average Bonchev–Trinajstić information content (AvgIpc) is 3.06. The molecule has 0 aliphatic carbocycles. The molecule has 24 heavy (non-hydrogen) atoms. The Balaban J connectivity index is 2.04. The topological polar surface area (TPSA) is 74.0 Å². The molecule has 0 saturated carbocycles. The molecule has 0 fully saturated rings. The van der Waals surface area contributed by atoms with Gasteiger partial charge in [0.1, 0.15) is 17.3 Å². The summed E-state index contributed by atoms with van der Waals surface area (Å²) in [5.41, 5.74) is 6.54. The standard InChI is InChI=1S/C17H11F2N3O2/c1-22-13-6-8(9-4-11(18)14(20)12(19)5-9)2-3-10(13)16-15(17(22)23)21-7-24-16/h2-7H,20H2,1H3. The number of aryl methyl sites for hydroxylation is 1. The zero-order valence-electron chi connectivity index (χ0n) is 12.5. The third-order valence-corrected chi connectivity index (χ3v) is 4.09. The van der Waals surface area contributed by atoms with E-state index in [2.05, 4.69) is 4.98 Å². The van der Waals surface area contributed by atoms with Crippen LogP contribution < -0.4 is 11.3 Å². The molecule has 0 amide bonds. The van der Waals surface area contributed by atoms with Crippen LogP contribution in [0.3, 0.4) is 0 Å². The van der Waals surface area contributed by atoms with E-state index in [9.17, 15) is 13.6 Å². The Morgan fingerprint density at radius 3 is 2.54 bits per heavy atom. The Morgan fingerprint density at radius 2 is 1.83 bits per heavy atom. The van der Waals surface area contributed by atoms with Gasteiger partial charge in [-0.1, -0.05) is 6.07 Å². The molecule has 5 nitrogen and oxygen atoms in total. The molecule has 0 spiro atoms. The van der Waals surface area contributed by atoms with Crippen LogP contribution in [-0.2, 0) is 7.05 Å². The number of rotatable bonds is 1. The third kappa shape index (κ3) is 1.91. The molecule has 7 heteroatoms. The average molecular weight is 327 g/mol. The van der Waals surface area contributed by atoms with Gasteiger partial charge in [-0.3, -0.25) is 4.79 Å². The van der Waals surface area contributed by atoms with Crippen molar-refractivity contribution in [1.82, 2.24) is 9.55 Å². The van der Waals surface area contributed by atoms with Crippen molar-refractivity contribution in [2.75, 3.05) is 5.73 Å². The van der Waals surface area contributed by atoms with E-state index >= 15 is 0 Å². The van der Waals surface area contributed by atoms with Gasteiger partial charge >= 0.3 is 0 Å². The normalized spacial score (nSPS) is 11.5. The minimum atomic E-state index is -0.829. The van der Waals surface area contributed by atoms with Crippen LogP contribution in [0, 0.1) is 11.6 Å². The molecular formula is C17H11F2N3O2. The molecule has 0 unspecified atom stereocenters. The number of nitrogens with two attached hydrogens (primary N) is 1. The minimum Gasteiger partial charge on any atom is -0.443 e. The molecular weight excluding hydrogens is 316 g/mol. The van der Waals surface area contributed by atoms with E-state index in [4.69, 9.17) is 10.2 Å². The molecule has 2 heterocycles. The number of oxazole rings is 1. The maximum atomic E-state index is 13.7. The number of hydrogen-bond acceptors (Lipinski definition) is 4. The van der Waals surface area contributed by atoms with Crippen LogP contribution in [0.1, 0.15) is 0 Å². The number of hydrogen-bond donors (Lipinski definition) is 1. The summed E-state index contributed by atoms with van der Waals surface area (Å²) in [5, 5.41) is 0.685. The first-order valence-electron chi connectivity index (χ1n) is 7.08. The molecule has 2 N–H and O–H groups in total. The summed E-state index contributed by atoms with van der Waals surface area (Å²) in [6.45, 7) is 0. The van der Waals surface area contributed by atoms with Crippen molar-refractivity contribution in [3.05, 3.63) is 58.7 Å². The number of halogens is 2. The van der Waals surface area contributed by atoms with Gasteiger partial charge in [-0.2, -0.15) is 0 Å². The van der Waals surface area contributed by atoms with Crippen LogP contribution in [0.5, 0.6) is 0 Å². The SMILES string of the molecule is Cn1c(=O)c2ncoc2c2ccc(-c3cc(F)c(N)c(F)c3)cc21. The second-order valence-electron chi connectivity index (χ2n) is 5.48. The van der Waals surface area contributed by atoms with Crippen LogP contribution in [0.4, 0.5) is 14.5 Å². The number of benzene rings is 2. The highest BCUT2D eigenvalue weighted by Gasteiger charge is 2.14. The lowest BCUT2D eigenvalue weighted by Gasteiger charge is -2.09. The fraction of sp³-hybridized carbons (Fsp3) is 0.0588. The Bertz CT molecular complexity index is 1150. The molecule has 2 aromatic carbocycles. The molecule has 0 atom stereocenters. The highest BCUT2D eigenvalue weighted by molar-refractivity contribution is 6.02. The number of aromatic nitrogens is 2. The van der Waals surface area contributed by atoms with E-state index in [-0.39, 0.29) is 11.1 Å². The lowest BCUT2D eigenvalue weighted by atomic mass is 10.0. The van der Waals surface area contributed by atoms with Gasteiger partial charge in [0, 0.05) is 12.4 Å². The lowest BCUT2D eigenvalue weighted by Crippen LogP contribution is -2.17. The lowest BCUT2D eigenvalue weighted by molar-refractivity contribution is 0.592.